The van der Waals surface area contributed by atoms with E-state index in [1.807, 2.05) is 0 Å². The average molecular weight is 353 g/mol. The van der Waals surface area contributed by atoms with Crippen LogP contribution in [-0.4, -0.2) is 22.5 Å². The van der Waals surface area contributed by atoms with Crippen LogP contribution in [0.15, 0.2) is 11.4 Å². The van der Waals surface area contributed by atoms with Crippen molar-refractivity contribution < 1.29 is 14.7 Å². The SMILES string of the molecule is CC(C)(CC(=O)O)NC(=O)c1csc(I)c1. The quantitative estimate of drug-likeness (QED) is 0.817. The number of carbonyl (C=O) groups is 2. The molecule has 0 aliphatic heterocycles. The molecule has 1 amide bonds. The molecule has 4 nitrogen and oxygen atoms in total. The summed E-state index contributed by atoms with van der Waals surface area (Å²) in [7, 11) is 0. The maximum Gasteiger partial charge on any atom is 0.305 e. The monoisotopic (exact) mass is 353 g/mol. The summed E-state index contributed by atoms with van der Waals surface area (Å²) in [5, 5.41) is 13.1. The van der Waals surface area contributed by atoms with Gasteiger partial charge in [-0.2, -0.15) is 0 Å². The number of hydrogen-bond acceptors (Lipinski definition) is 3. The van der Waals surface area contributed by atoms with E-state index in [1.165, 1.54) is 11.3 Å². The zero-order chi connectivity index (χ0) is 12.3. The third-order valence-electron chi connectivity index (χ3n) is 1.87. The van der Waals surface area contributed by atoms with E-state index in [4.69, 9.17) is 5.11 Å². The fourth-order valence-corrected chi connectivity index (χ4v) is 2.56. The Labute approximate surface area is 111 Å². The Bertz CT molecular complexity index is 414. The van der Waals surface area contributed by atoms with Gasteiger partial charge in [0.2, 0.25) is 0 Å². The molecule has 1 heterocycles. The van der Waals surface area contributed by atoms with Crippen LogP contribution in [0.4, 0.5) is 0 Å². The summed E-state index contributed by atoms with van der Waals surface area (Å²) in [5.74, 6) is -1.16. The van der Waals surface area contributed by atoms with Crippen LogP contribution in [-0.2, 0) is 4.79 Å². The molecule has 0 fully saturated rings. The molecule has 16 heavy (non-hydrogen) atoms. The minimum absolute atomic E-state index is 0.0973. The van der Waals surface area contributed by atoms with Gasteiger partial charge in [0.1, 0.15) is 0 Å². The Kier molecular flexibility index (Phi) is 4.31. The Morgan fingerprint density at radius 3 is 2.62 bits per heavy atom. The van der Waals surface area contributed by atoms with Crippen molar-refractivity contribution in [2.45, 2.75) is 25.8 Å². The van der Waals surface area contributed by atoms with E-state index in [9.17, 15) is 9.59 Å². The molecule has 88 valence electrons. The van der Waals surface area contributed by atoms with E-state index in [0.717, 1.165) is 2.88 Å². The van der Waals surface area contributed by atoms with Gasteiger partial charge >= 0.3 is 5.97 Å². The van der Waals surface area contributed by atoms with Gasteiger partial charge in [0, 0.05) is 10.9 Å². The van der Waals surface area contributed by atoms with Gasteiger partial charge in [-0.25, -0.2) is 0 Å². The van der Waals surface area contributed by atoms with E-state index in [0.29, 0.717) is 5.56 Å². The molecule has 0 unspecified atom stereocenters. The Morgan fingerprint density at radius 2 is 2.19 bits per heavy atom. The smallest absolute Gasteiger partial charge is 0.305 e. The predicted octanol–water partition coefficient (Wildman–Crippen LogP) is 2.34. The van der Waals surface area contributed by atoms with Crippen LogP contribution in [0.5, 0.6) is 0 Å². The van der Waals surface area contributed by atoms with Crippen LogP contribution in [0, 0.1) is 2.88 Å². The molecular formula is C10H12INO3S. The Morgan fingerprint density at radius 1 is 1.56 bits per heavy atom. The van der Waals surface area contributed by atoms with Crippen LogP contribution in [0.3, 0.4) is 0 Å². The molecular weight excluding hydrogens is 341 g/mol. The maximum absolute atomic E-state index is 11.8. The molecule has 1 aromatic rings. The number of carboxylic acid groups (broad SMARTS) is 1. The molecule has 0 bridgehead atoms. The second-order valence-corrected chi connectivity index (χ2v) is 6.85. The van der Waals surface area contributed by atoms with Gasteiger partial charge in [-0.15, -0.1) is 11.3 Å². The molecule has 0 radical (unpaired) electrons. The highest BCUT2D eigenvalue weighted by atomic mass is 127. The first-order valence-corrected chi connectivity index (χ1v) is 6.54. The van der Waals surface area contributed by atoms with Crippen molar-refractivity contribution in [3.05, 3.63) is 19.9 Å². The van der Waals surface area contributed by atoms with Gasteiger partial charge in [0.25, 0.3) is 5.91 Å². The highest BCUT2D eigenvalue weighted by Crippen LogP contribution is 2.18. The number of nitrogens with one attached hydrogen (secondary N) is 1. The van der Waals surface area contributed by atoms with Crippen LogP contribution in [0.1, 0.15) is 30.6 Å². The van der Waals surface area contributed by atoms with E-state index in [2.05, 4.69) is 27.9 Å². The van der Waals surface area contributed by atoms with Crippen LogP contribution >= 0.6 is 33.9 Å². The number of carboxylic acids is 1. The zero-order valence-corrected chi connectivity index (χ0v) is 11.9. The van der Waals surface area contributed by atoms with E-state index in [1.54, 1.807) is 25.3 Å². The molecule has 0 aliphatic carbocycles. The number of amides is 1. The lowest BCUT2D eigenvalue weighted by atomic mass is 10.0. The fourth-order valence-electron chi connectivity index (χ4n) is 1.23. The topological polar surface area (TPSA) is 66.4 Å². The highest BCUT2D eigenvalue weighted by Gasteiger charge is 2.24. The van der Waals surface area contributed by atoms with Crippen molar-refractivity contribution in [2.24, 2.45) is 0 Å². The van der Waals surface area contributed by atoms with Crippen LogP contribution < -0.4 is 5.32 Å². The largest absolute Gasteiger partial charge is 0.481 e. The van der Waals surface area contributed by atoms with Crippen LogP contribution in [0.2, 0.25) is 0 Å². The normalized spacial score (nSPS) is 11.2. The summed E-state index contributed by atoms with van der Waals surface area (Å²) in [6.45, 7) is 3.38. The number of thiophene rings is 1. The molecule has 6 heteroatoms. The molecule has 1 aromatic heterocycles. The lowest BCUT2D eigenvalue weighted by Crippen LogP contribution is -2.44. The summed E-state index contributed by atoms with van der Waals surface area (Å²) in [4.78, 5) is 22.3. The van der Waals surface area contributed by atoms with Gasteiger partial charge in [0.15, 0.2) is 0 Å². The van der Waals surface area contributed by atoms with Gasteiger partial charge in [-0.1, -0.05) is 0 Å². The summed E-state index contributed by atoms with van der Waals surface area (Å²) >= 11 is 3.62. The minimum atomic E-state index is -0.926. The first kappa shape index (κ1) is 13.4. The Balaban J connectivity index is 2.67. The number of hydrogen-bond donors (Lipinski definition) is 2. The standard InChI is InChI=1S/C10H12INO3S/c1-10(2,4-8(13)14)12-9(15)6-3-7(11)16-5-6/h3,5H,4H2,1-2H3,(H,12,15)(H,13,14). The first-order valence-electron chi connectivity index (χ1n) is 4.58. The van der Waals surface area contributed by atoms with Crippen molar-refractivity contribution in [1.29, 1.82) is 0 Å². The average Bonchev–Trinajstić information content (AvgIpc) is 2.47. The minimum Gasteiger partial charge on any atom is -0.481 e. The molecule has 1 rings (SSSR count). The van der Waals surface area contributed by atoms with E-state index < -0.39 is 11.5 Å². The van der Waals surface area contributed by atoms with Crippen molar-refractivity contribution in [1.82, 2.24) is 5.32 Å². The third-order valence-corrected chi connectivity index (χ3v) is 3.66. The van der Waals surface area contributed by atoms with Crippen LogP contribution in [0.25, 0.3) is 0 Å². The van der Waals surface area contributed by atoms with E-state index in [-0.39, 0.29) is 12.3 Å². The zero-order valence-electron chi connectivity index (χ0n) is 8.91. The van der Waals surface area contributed by atoms with Crippen molar-refractivity contribution in [2.75, 3.05) is 0 Å². The lowest BCUT2D eigenvalue weighted by Gasteiger charge is -2.23. The summed E-state index contributed by atoms with van der Waals surface area (Å²) < 4.78 is 1.03. The number of rotatable bonds is 4. The van der Waals surface area contributed by atoms with E-state index >= 15 is 0 Å². The molecule has 0 aromatic carbocycles. The third kappa shape index (κ3) is 4.09. The van der Waals surface area contributed by atoms with Gasteiger partial charge < -0.3 is 10.4 Å². The number of carbonyl (C=O) groups excluding carboxylic acids is 1. The molecule has 0 aliphatic rings. The van der Waals surface area contributed by atoms with Crippen molar-refractivity contribution >= 4 is 45.8 Å². The number of aliphatic carboxylic acids is 1. The van der Waals surface area contributed by atoms with Gasteiger partial charge in [-0.3, -0.25) is 9.59 Å². The molecule has 0 spiro atoms. The second-order valence-electron chi connectivity index (χ2n) is 4.05. The maximum atomic E-state index is 11.8. The van der Waals surface area contributed by atoms with Crippen molar-refractivity contribution in [3.8, 4) is 0 Å². The lowest BCUT2D eigenvalue weighted by molar-refractivity contribution is -0.138. The second kappa shape index (κ2) is 5.13. The summed E-state index contributed by atoms with van der Waals surface area (Å²) in [6.07, 6.45) is -0.0973. The molecule has 2 N–H and O–H groups in total. The molecule has 0 saturated carbocycles. The number of halogens is 1. The molecule has 0 atom stereocenters. The molecule has 0 saturated heterocycles. The van der Waals surface area contributed by atoms with Crippen molar-refractivity contribution in [3.63, 3.8) is 0 Å². The summed E-state index contributed by atoms with van der Waals surface area (Å²) in [5.41, 5.74) is -0.163. The Hall–Kier alpha value is -0.630. The highest BCUT2D eigenvalue weighted by molar-refractivity contribution is 14.1. The van der Waals surface area contributed by atoms with Gasteiger partial charge in [-0.05, 0) is 42.5 Å². The predicted molar refractivity (Wildman–Crippen MR) is 70.8 cm³/mol. The first-order chi connectivity index (χ1) is 7.30. The summed E-state index contributed by atoms with van der Waals surface area (Å²) in [6, 6.07) is 1.78. The fraction of sp³-hybridized carbons (Fsp3) is 0.400. The van der Waals surface area contributed by atoms with Gasteiger partial charge in [0.05, 0.1) is 14.9 Å².